The summed E-state index contributed by atoms with van der Waals surface area (Å²) in [6.07, 6.45) is 8.11. The molecule has 1 fully saturated rings. The maximum absolute atomic E-state index is 3.66. The molecule has 1 aliphatic carbocycles. The Labute approximate surface area is 108 Å². The first-order valence-corrected chi connectivity index (χ1v) is 7.57. The van der Waals surface area contributed by atoms with E-state index in [2.05, 4.69) is 38.0 Å². The van der Waals surface area contributed by atoms with Crippen molar-refractivity contribution in [3.8, 4) is 0 Å². The van der Waals surface area contributed by atoms with E-state index in [-0.39, 0.29) is 0 Å². The summed E-state index contributed by atoms with van der Waals surface area (Å²) in [7, 11) is 2.31. The molecule has 0 unspecified atom stereocenters. The van der Waals surface area contributed by atoms with E-state index in [9.17, 15) is 0 Å². The lowest BCUT2D eigenvalue weighted by atomic mass is 9.90. The lowest BCUT2D eigenvalue weighted by molar-refractivity contribution is 0.167. The number of hydrogen-bond acceptors (Lipinski definition) is 2. The Morgan fingerprint density at radius 1 is 1.18 bits per heavy atom. The fraction of sp³-hybridized carbons (Fsp3) is 1.00. The molecular formula is C15H32N2. The zero-order valence-electron chi connectivity index (χ0n) is 12.3. The van der Waals surface area contributed by atoms with Crippen molar-refractivity contribution in [1.82, 2.24) is 10.2 Å². The summed E-state index contributed by atoms with van der Waals surface area (Å²) in [5.74, 6) is 0.833. The molecule has 0 saturated heterocycles. The van der Waals surface area contributed by atoms with Crippen molar-refractivity contribution < 1.29 is 0 Å². The van der Waals surface area contributed by atoms with Crippen LogP contribution in [0, 0.1) is 5.92 Å². The molecule has 0 aromatic heterocycles. The van der Waals surface area contributed by atoms with Gasteiger partial charge in [-0.15, -0.1) is 0 Å². The number of nitrogens with one attached hydrogen (secondary N) is 1. The van der Waals surface area contributed by atoms with Gasteiger partial charge in [-0.1, -0.05) is 20.8 Å². The van der Waals surface area contributed by atoms with Gasteiger partial charge in [0, 0.05) is 12.1 Å². The van der Waals surface area contributed by atoms with E-state index in [0.717, 1.165) is 18.0 Å². The highest BCUT2D eigenvalue weighted by molar-refractivity contribution is 4.81. The number of nitrogens with zero attached hydrogens (tertiary/aromatic N) is 1. The normalized spacial score (nSPS) is 25.8. The van der Waals surface area contributed by atoms with Crippen LogP contribution in [0.3, 0.4) is 0 Å². The van der Waals surface area contributed by atoms with Crippen molar-refractivity contribution in [3.63, 3.8) is 0 Å². The molecular weight excluding hydrogens is 208 g/mol. The van der Waals surface area contributed by atoms with E-state index in [1.165, 1.54) is 51.6 Å². The van der Waals surface area contributed by atoms with Gasteiger partial charge < -0.3 is 10.2 Å². The monoisotopic (exact) mass is 240 g/mol. The fourth-order valence-electron chi connectivity index (χ4n) is 2.71. The summed E-state index contributed by atoms with van der Waals surface area (Å²) in [6.45, 7) is 9.35. The van der Waals surface area contributed by atoms with Gasteiger partial charge in [-0.3, -0.25) is 0 Å². The molecule has 1 N–H and O–H groups in total. The molecule has 17 heavy (non-hydrogen) atoms. The lowest BCUT2D eigenvalue weighted by Crippen LogP contribution is -2.41. The third-order valence-corrected chi connectivity index (χ3v) is 4.06. The van der Waals surface area contributed by atoms with E-state index in [1.807, 2.05) is 0 Å². The van der Waals surface area contributed by atoms with Crippen molar-refractivity contribution in [2.45, 2.75) is 71.4 Å². The van der Waals surface area contributed by atoms with Crippen molar-refractivity contribution in [3.05, 3.63) is 0 Å². The van der Waals surface area contributed by atoms with E-state index in [1.54, 1.807) is 0 Å². The van der Waals surface area contributed by atoms with Crippen LogP contribution in [-0.4, -0.2) is 37.1 Å². The molecule has 0 aliphatic heterocycles. The van der Waals surface area contributed by atoms with E-state index < -0.39 is 0 Å². The highest BCUT2D eigenvalue weighted by Crippen LogP contribution is 2.22. The Morgan fingerprint density at radius 2 is 1.82 bits per heavy atom. The second-order valence-electron chi connectivity index (χ2n) is 6.12. The lowest BCUT2D eigenvalue weighted by Gasteiger charge is -2.35. The molecule has 0 bridgehead atoms. The van der Waals surface area contributed by atoms with Crippen LogP contribution in [0.1, 0.15) is 59.3 Å². The van der Waals surface area contributed by atoms with Gasteiger partial charge in [0.15, 0.2) is 0 Å². The highest BCUT2D eigenvalue weighted by Gasteiger charge is 2.23. The molecule has 0 heterocycles. The van der Waals surface area contributed by atoms with Gasteiger partial charge in [-0.2, -0.15) is 0 Å². The van der Waals surface area contributed by atoms with Crippen LogP contribution in [0.4, 0.5) is 0 Å². The quantitative estimate of drug-likeness (QED) is 0.735. The van der Waals surface area contributed by atoms with E-state index in [0.29, 0.717) is 0 Å². The smallest absolute Gasteiger partial charge is 0.00933 e. The van der Waals surface area contributed by atoms with Crippen LogP contribution in [0.25, 0.3) is 0 Å². The van der Waals surface area contributed by atoms with Crippen LogP contribution < -0.4 is 5.32 Å². The second-order valence-corrected chi connectivity index (χ2v) is 6.12. The van der Waals surface area contributed by atoms with Crippen LogP contribution in [0.2, 0.25) is 0 Å². The molecule has 0 radical (unpaired) electrons. The average Bonchev–Trinajstić information content (AvgIpc) is 2.34. The zero-order valence-corrected chi connectivity index (χ0v) is 12.3. The predicted molar refractivity (Wildman–Crippen MR) is 76.4 cm³/mol. The average molecular weight is 240 g/mol. The van der Waals surface area contributed by atoms with Crippen LogP contribution >= 0.6 is 0 Å². The summed E-state index contributed by atoms with van der Waals surface area (Å²) >= 11 is 0. The molecule has 1 rings (SSSR count). The Kier molecular flexibility index (Phi) is 7.14. The van der Waals surface area contributed by atoms with Crippen molar-refractivity contribution in [2.75, 3.05) is 20.1 Å². The summed E-state index contributed by atoms with van der Waals surface area (Å²) in [4.78, 5) is 2.59. The number of rotatable bonds is 7. The van der Waals surface area contributed by atoms with E-state index >= 15 is 0 Å². The van der Waals surface area contributed by atoms with Gasteiger partial charge in [0.05, 0.1) is 0 Å². The van der Waals surface area contributed by atoms with Gasteiger partial charge in [0.2, 0.25) is 0 Å². The molecule has 1 aliphatic rings. The van der Waals surface area contributed by atoms with Gasteiger partial charge >= 0.3 is 0 Å². The van der Waals surface area contributed by atoms with Crippen molar-refractivity contribution in [2.24, 2.45) is 5.92 Å². The van der Waals surface area contributed by atoms with Gasteiger partial charge in [-0.25, -0.2) is 0 Å². The standard InChI is InChI=1S/C15H32N2/c1-5-11-16-14-6-8-15(9-7-14)17(4)12-10-13(2)3/h13-16H,5-12H2,1-4H3. The Bertz CT molecular complexity index is 183. The van der Waals surface area contributed by atoms with Crippen LogP contribution in [0.15, 0.2) is 0 Å². The second kappa shape index (κ2) is 8.10. The maximum Gasteiger partial charge on any atom is 0.00933 e. The summed E-state index contributed by atoms with van der Waals surface area (Å²) in [5.41, 5.74) is 0. The minimum Gasteiger partial charge on any atom is -0.314 e. The first-order chi connectivity index (χ1) is 8.13. The van der Waals surface area contributed by atoms with Crippen LogP contribution in [0.5, 0.6) is 0 Å². The summed E-state index contributed by atoms with van der Waals surface area (Å²) in [6, 6.07) is 1.64. The van der Waals surface area contributed by atoms with Crippen LogP contribution in [-0.2, 0) is 0 Å². The first kappa shape index (κ1) is 15.0. The number of hydrogen-bond donors (Lipinski definition) is 1. The molecule has 0 amide bonds. The Hall–Kier alpha value is -0.0800. The predicted octanol–water partition coefficient (Wildman–Crippen LogP) is 3.28. The maximum atomic E-state index is 3.66. The van der Waals surface area contributed by atoms with Crippen molar-refractivity contribution >= 4 is 0 Å². The molecule has 102 valence electrons. The fourth-order valence-corrected chi connectivity index (χ4v) is 2.71. The molecule has 0 aromatic rings. The topological polar surface area (TPSA) is 15.3 Å². The Morgan fingerprint density at radius 3 is 2.35 bits per heavy atom. The van der Waals surface area contributed by atoms with E-state index in [4.69, 9.17) is 0 Å². The van der Waals surface area contributed by atoms with Gasteiger partial charge in [0.25, 0.3) is 0 Å². The van der Waals surface area contributed by atoms with Gasteiger partial charge in [0.1, 0.15) is 0 Å². The SMILES string of the molecule is CCCNC1CCC(N(C)CCC(C)C)CC1. The third-order valence-electron chi connectivity index (χ3n) is 4.06. The summed E-state index contributed by atoms with van der Waals surface area (Å²) < 4.78 is 0. The zero-order chi connectivity index (χ0) is 12.7. The molecule has 0 atom stereocenters. The molecule has 2 heteroatoms. The third kappa shape index (κ3) is 5.87. The molecule has 0 spiro atoms. The molecule has 0 aromatic carbocycles. The molecule has 2 nitrogen and oxygen atoms in total. The minimum atomic E-state index is 0.796. The minimum absolute atomic E-state index is 0.796. The largest absolute Gasteiger partial charge is 0.314 e. The molecule has 1 saturated carbocycles. The summed E-state index contributed by atoms with van der Waals surface area (Å²) in [5, 5.41) is 3.66. The Balaban J connectivity index is 2.17. The highest BCUT2D eigenvalue weighted by atomic mass is 15.1. The van der Waals surface area contributed by atoms with Crippen molar-refractivity contribution in [1.29, 1.82) is 0 Å². The van der Waals surface area contributed by atoms with Gasteiger partial charge in [-0.05, 0) is 64.6 Å². The first-order valence-electron chi connectivity index (χ1n) is 7.57.